The lowest BCUT2D eigenvalue weighted by Crippen LogP contribution is -2.54. The molecular formula is C13H19NO3. The fourth-order valence-corrected chi connectivity index (χ4v) is 2.80. The molecule has 0 aromatic heterocycles. The SMILES string of the molecule is CCOC(=O)[C@@]12CC=C(C)CN1C(=O)C(C)C2. The van der Waals surface area contributed by atoms with Crippen LogP contribution in [-0.4, -0.2) is 35.5 Å². The van der Waals surface area contributed by atoms with Crippen LogP contribution in [0, 0.1) is 5.92 Å². The van der Waals surface area contributed by atoms with Crippen LogP contribution in [0.2, 0.25) is 0 Å². The topological polar surface area (TPSA) is 46.6 Å². The van der Waals surface area contributed by atoms with E-state index < -0.39 is 5.54 Å². The predicted molar refractivity (Wildman–Crippen MR) is 63.2 cm³/mol. The maximum Gasteiger partial charge on any atom is 0.332 e. The molecule has 2 heterocycles. The first kappa shape index (κ1) is 12.1. The Morgan fingerprint density at radius 1 is 1.65 bits per heavy atom. The lowest BCUT2D eigenvalue weighted by atomic mass is 9.86. The zero-order chi connectivity index (χ0) is 12.6. The molecule has 0 radical (unpaired) electrons. The highest BCUT2D eigenvalue weighted by molar-refractivity contribution is 5.93. The Balaban J connectivity index is 2.35. The van der Waals surface area contributed by atoms with Gasteiger partial charge in [-0.2, -0.15) is 0 Å². The van der Waals surface area contributed by atoms with Crippen molar-refractivity contribution in [2.24, 2.45) is 5.92 Å². The van der Waals surface area contributed by atoms with Crippen molar-refractivity contribution in [3.05, 3.63) is 11.6 Å². The first-order chi connectivity index (χ1) is 8.01. The van der Waals surface area contributed by atoms with E-state index >= 15 is 0 Å². The minimum absolute atomic E-state index is 0.0745. The molecule has 2 rings (SSSR count). The van der Waals surface area contributed by atoms with E-state index in [-0.39, 0.29) is 17.8 Å². The van der Waals surface area contributed by atoms with E-state index in [9.17, 15) is 9.59 Å². The molecule has 0 N–H and O–H groups in total. The predicted octanol–water partition coefficient (Wildman–Crippen LogP) is 1.51. The van der Waals surface area contributed by atoms with Crippen molar-refractivity contribution in [1.29, 1.82) is 0 Å². The smallest absolute Gasteiger partial charge is 0.332 e. The van der Waals surface area contributed by atoms with E-state index in [0.717, 1.165) is 5.57 Å². The second-order valence-corrected chi connectivity index (χ2v) is 5.04. The van der Waals surface area contributed by atoms with Crippen molar-refractivity contribution in [2.45, 2.75) is 39.2 Å². The molecule has 1 saturated heterocycles. The molecule has 0 aromatic carbocycles. The van der Waals surface area contributed by atoms with Crippen molar-refractivity contribution in [2.75, 3.05) is 13.2 Å². The summed E-state index contributed by atoms with van der Waals surface area (Å²) < 4.78 is 5.16. The van der Waals surface area contributed by atoms with Gasteiger partial charge in [-0.05, 0) is 26.7 Å². The molecule has 4 heteroatoms. The highest BCUT2D eigenvalue weighted by atomic mass is 16.5. The van der Waals surface area contributed by atoms with Gasteiger partial charge < -0.3 is 9.64 Å². The van der Waals surface area contributed by atoms with Gasteiger partial charge in [-0.1, -0.05) is 18.6 Å². The van der Waals surface area contributed by atoms with E-state index in [1.165, 1.54) is 0 Å². The molecular weight excluding hydrogens is 218 g/mol. The number of rotatable bonds is 2. The van der Waals surface area contributed by atoms with E-state index in [4.69, 9.17) is 4.74 Å². The van der Waals surface area contributed by atoms with E-state index in [0.29, 0.717) is 26.0 Å². The number of amides is 1. The Bertz CT molecular complexity index is 388. The van der Waals surface area contributed by atoms with Crippen LogP contribution in [0.4, 0.5) is 0 Å². The van der Waals surface area contributed by atoms with Crippen molar-refractivity contribution in [3.63, 3.8) is 0 Å². The fourth-order valence-electron chi connectivity index (χ4n) is 2.80. The summed E-state index contributed by atoms with van der Waals surface area (Å²) in [5, 5.41) is 0. The molecule has 17 heavy (non-hydrogen) atoms. The Morgan fingerprint density at radius 3 is 3.00 bits per heavy atom. The number of carbonyl (C=O) groups is 2. The van der Waals surface area contributed by atoms with Crippen LogP contribution in [0.1, 0.15) is 33.6 Å². The molecule has 4 nitrogen and oxygen atoms in total. The zero-order valence-electron chi connectivity index (χ0n) is 10.7. The first-order valence-electron chi connectivity index (χ1n) is 6.15. The lowest BCUT2D eigenvalue weighted by Gasteiger charge is -2.38. The highest BCUT2D eigenvalue weighted by Crippen LogP contribution is 2.41. The average Bonchev–Trinajstić information content (AvgIpc) is 2.54. The van der Waals surface area contributed by atoms with Gasteiger partial charge in [-0.15, -0.1) is 0 Å². The molecule has 0 aromatic rings. The summed E-state index contributed by atoms with van der Waals surface area (Å²) in [6.07, 6.45) is 3.22. The number of nitrogens with zero attached hydrogens (tertiary/aromatic N) is 1. The quantitative estimate of drug-likeness (QED) is 0.540. The summed E-state index contributed by atoms with van der Waals surface area (Å²) in [5.74, 6) is -0.259. The Kier molecular flexibility index (Phi) is 2.98. The van der Waals surface area contributed by atoms with E-state index in [1.54, 1.807) is 11.8 Å². The summed E-state index contributed by atoms with van der Waals surface area (Å²) in [7, 11) is 0. The zero-order valence-corrected chi connectivity index (χ0v) is 10.7. The first-order valence-corrected chi connectivity index (χ1v) is 6.15. The summed E-state index contributed by atoms with van der Waals surface area (Å²) in [4.78, 5) is 26.0. The van der Waals surface area contributed by atoms with Crippen LogP contribution >= 0.6 is 0 Å². The third-order valence-electron chi connectivity index (χ3n) is 3.70. The minimum Gasteiger partial charge on any atom is -0.464 e. The molecule has 2 atom stereocenters. The fraction of sp³-hybridized carbons (Fsp3) is 0.692. The van der Waals surface area contributed by atoms with E-state index in [2.05, 4.69) is 6.08 Å². The minimum atomic E-state index is -0.730. The Hall–Kier alpha value is -1.32. The van der Waals surface area contributed by atoms with Gasteiger partial charge in [0, 0.05) is 12.5 Å². The maximum atomic E-state index is 12.2. The number of carbonyl (C=O) groups excluding carboxylic acids is 2. The number of esters is 1. The van der Waals surface area contributed by atoms with Gasteiger partial charge in [-0.25, -0.2) is 4.79 Å². The Labute approximate surface area is 102 Å². The summed E-state index contributed by atoms with van der Waals surface area (Å²) in [6, 6.07) is 0. The number of fused-ring (bicyclic) bond motifs is 1. The lowest BCUT2D eigenvalue weighted by molar-refractivity contribution is -0.159. The second-order valence-electron chi connectivity index (χ2n) is 5.04. The molecule has 0 aliphatic carbocycles. The van der Waals surface area contributed by atoms with Crippen molar-refractivity contribution in [1.82, 2.24) is 4.90 Å². The second kappa shape index (κ2) is 4.17. The van der Waals surface area contributed by atoms with Gasteiger partial charge in [0.2, 0.25) is 5.91 Å². The molecule has 1 fully saturated rings. The summed E-state index contributed by atoms with van der Waals surface area (Å²) >= 11 is 0. The number of ether oxygens (including phenoxy) is 1. The summed E-state index contributed by atoms with van der Waals surface area (Å²) in [6.45, 7) is 6.59. The molecule has 0 bridgehead atoms. The molecule has 0 saturated carbocycles. The average molecular weight is 237 g/mol. The molecule has 94 valence electrons. The largest absolute Gasteiger partial charge is 0.464 e. The molecule has 2 aliphatic heterocycles. The standard InChI is InChI=1S/C13H19NO3/c1-4-17-12(16)13-6-5-9(2)8-14(13)11(15)10(3)7-13/h5,10H,4,6-8H2,1-3H3/t10?,13-/m0/s1. The van der Waals surface area contributed by atoms with Crippen LogP contribution in [-0.2, 0) is 14.3 Å². The summed E-state index contributed by atoms with van der Waals surface area (Å²) in [5.41, 5.74) is 0.416. The van der Waals surface area contributed by atoms with Crippen LogP contribution in [0.25, 0.3) is 0 Å². The van der Waals surface area contributed by atoms with Crippen LogP contribution in [0.5, 0.6) is 0 Å². The molecule has 0 spiro atoms. The number of hydrogen-bond donors (Lipinski definition) is 0. The third kappa shape index (κ3) is 1.75. The van der Waals surface area contributed by atoms with Gasteiger partial charge in [-0.3, -0.25) is 4.79 Å². The van der Waals surface area contributed by atoms with Crippen molar-refractivity contribution < 1.29 is 14.3 Å². The molecule has 1 unspecified atom stereocenters. The van der Waals surface area contributed by atoms with Crippen LogP contribution in [0.15, 0.2) is 11.6 Å². The third-order valence-corrected chi connectivity index (χ3v) is 3.70. The highest BCUT2D eigenvalue weighted by Gasteiger charge is 2.55. The van der Waals surface area contributed by atoms with E-state index in [1.807, 2.05) is 13.8 Å². The van der Waals surface area contributed by atoms with Gasteiger partial charge in [0.25, 0.3) is 0 Å². The van der Waals surface area contributed by atoms with Crippen molar-refractivity contribution >= 4 is 11.9 Å². The van der Waals surface area contributed by atoms with Gasteiger partial charge in [0.05, 0.1) is 6.61 Å². The van der Waals surface area contributed by atoms with Gasteiger partial charge >= 0.3 is 5.97 Å². The monoisotopic (exact) mass is 237 g/mol. The van der Waals surface area contributed by atoms with Crippen LogP contribution < -0.4 is 0 Å². The maximum absolute atomic E-state index is 12.2. The number of hydrogen-bond acceptors (Lipinski definition) is 3. The van der Waals surface area contributed by atoms with Crippen LogP contribution in [0.3, 0.4) is 0 Å². The molecule has 1 amide bonds. The van der Waals surface area contributed by atoms with Gasteiger partial charge in [0.1, 0.15) is 5.54 Å². The normalized spacial score (nSPS) is 32.2. The van der Waals surface area contributed by atoms with Crippen molar-refractivity contribution in [3.8, 4) is 0 Å². The van der Waals surface area contributed by atoms with Gasteiger partial charge in [0.15, 0.2) is 0 Å². The Morgan fingerprint density at radius 2 is 2.35 bits per heavy atom. The molecule has 2 aliphatic rings.